The Morgan fingerprint density at radius 1 is 1.41 bits per heavy atom. The van der Waals surface area contributed by atoms with Gasteiger partial charge in [0.05, 0.1) is 19.5 Å². The number of alkyl halides is 1. The number of imidazole rings is 1. The van der Waals surface area contributed by atoms with E-state index in [2.05, 4.69) is 20.3 Å². The molecule has 3 heterocycles. The zero-order valence-corrected chi connectivity index (χ0v) is 18.1. The average Bonchev–Trinajstić information content (AvgIpc) is 3.27. The summed E-state index contributed by atoms with van der Waals surface area (Å²) >= 11 is 5.32. The summed E-state index contributed by atoms with van der Waals surface area (Å²) in [5, 5.41) is 23.1. The molecule has 0 aliphatic carbocycles. The fraction of sp³-hybridized carbons (Fsp3) is 0.600. The van der Waals surface area contributed by atoms with Crippen LogP contribution in [0.15, 0.2) is 11.1 Å². The molecule has 0 spiro atoms. The molecule has 32 heavy (non-hydrogen) atoms. The van der Waals surface area contributed by atoms with Crippen molar-refractivity contribution in [2.24, 2.45) is 0 Å². The first-order valence-electron chi connectivity index (χ1n) is 9.31. The summed E-state index contributed by atoms with van der Waals surface area (Å²) in [7, 11) is -4.50. The Labute approximate surface area is 185 Å². The largest absolute Gasteiger partial charge is 0.472 e. The summed E-state index contributed by atoms with van der Waals surface area (Å²) in [5.74, 6) is -0.769. The smallest absolute Gasteiger partial charge is 0.387 e. The zero-order chi connectivity index (χ0) is 23.5. The van der Waals surface area contributed by atoms with Crippen LogP contribution in [0, 0.1) is 0 Å². The zero-order valence-electron chi connectivity index (χ0n) is 16.5. The number of halogens is 1. The van der Waals surface area contributed by atoms with E-state index in [1.165, 1.54) is 10.9 Å². The number of phosphoric acid groups is 1. The Kier molecular flexibility index (Phi) is 7.84. The van der Waals surface area contributed by atoms with E-state index >= 15 is 0 Å². The molecule has 0 radical (unpaired) electrons. The molecule has 3 rings (SSSR count). The fourth-order valence-corrected chi connectivity index (χ4v) is 3.82. The molecule has 17 heteroatoms. The highest BCUT2D eigenvalue weighted by Gasteiger charge is 2.45. The number of hydrogen-bond donors (Lipinski definition) is 6. The van der Waals surface area contributed by atoms with Crippen LogP contribution in [0.25, 0.3) is 11.2 Å². The topological polar surface area (TPSA) is 224 Å². The van der Waals surface area contributed by atoms with E-state index in [-0.39, 0.29) is 48.5 Å². The van der Waals surface area contributed by atoms with Crippen molar-refractivity contribution in [1.82, 2.24) is 24.8 Å². The molecule has 178 valence electrons. The number of rotatable bonds is 10. The molecule has 1 fully saturated rings. The summed E-state index contributed by atoms with van der Waals surface area (Å²) in [6.45, 7) is -0.600. The number of amides is 1. The van der Waals surface area contributed by atoms with Crippen LogP contribution in [0.4, 0.5) is 5.95 Å². The third kappa shape index (κ3) is 5.63. The highest BCUT2D eigenvalue weighted by Crippen LogP contribution is 2.44. The normalized spacial score (nSPS) is 25.1. The molecule has 0 saturated carbocycles. The number of carbonyl (C=O) groups excluding carboxylic acids is 1. The van der Waals surface area contributed by atoms with Gasteiger partial charge in [0.1, 0.15) is 24.2 Å². The van der Waals surface area contributed by atoms with Gasteiger partial charge in [-0.3, -0.25) is 28.2 Å². The third-order valence-corrected chi connectivity index (χ3v) is 5.71. The van der Waals surface area contributed by atoms with Crippen molar-refractivity contribution in [1.29, 1.82) is 0 Å². The molecule has 1 amide bonds. The summed E-state index contributed by atoms with van der Waals surface area (Å²) in [6.07, 6.45) is -4.02. The van der Waals surface area contributed by atoms with Gasteiger partial charge >= 0.3 is 7.82 Å². The van der Waals surface area contributed by atoms with Crippen molar-refractivity contribution in [3.8, 4) is 0 Å². The lowest BCUT2D eigenvalue weighted by Crippen LogP contribution is -2.33. The molecule has 2 aromatic heterocycles. The lowest BCUT2D eigenvalue weighted by molar-refractivity contribution is -0.118. The van der Waals surface area contributed by atoms with Crippen molar-refractivity contribution in [2.45, 2.75) is 31.0 Å². The van der Waals surface area contributed by atoms with E-state index in [9.17, 15) is 29.3 Å². The molecule has 1 aliphatic heterocycles. The minimum absolute atomic E-state index is 0.0153. The number of aromatic amines is 1. The van der Waals surface area contributed by atoms with Gasteiger partial charge in [-0.15, -0.1) is 11.6 Å². The van der Waals surface area contributed by atoms with Crippen LogP contribution in [0.2, 0.25) is 0 Å². The number of H-pyrrole nitrogens is 1. The number of aromatic nitrogens is 4. The van der Waals surface area contributed by atoms with Gasteiger partial charge in [0.25, 0.3) is 5.56 Å². The second-order valence-electron chi connectivity index (χ2n) is 6.76. The number of hydrogen-bond acceptors (Lipinski definition) is 11. The van der Waals surface area contributed by atoms with Gasteiger partial charge in [-0.1, -0.05) is 0 Å². The maximum absolute atomic E-state index is 12.0. The Hall–Kier alpha value is -2.10. The molecule has 5 atom stereocenters. The monoisotopic (exact) mass is 496 g/mol. The van der Waals surface area contributed by atoms with Crippen molar-refractivity contribution in [2.75, 3.05) is 31.4 Å². The van der Waals surface area contributed by atoms with Crippen LogP contribution < -0.4 is 16.6 Å². The molecule has 1 unspecified atom stereocenters. The van der Waals surface area contributed by atoms with Gasteiger partial charge in [-0.05, 0) is 6.42 Å². The maximum atomic E-state index is 12.0. The number of nitrogens with one attached hydrogen (secondary N) is 2. The van der Waals surface area contributed by atoms with Gasteiger partial charge in [-0.2, -0.15) is 4.98 Å². The first-order valence-corrected chi connectivity index (χ1v) is 11.3. The predicted molar refractivity (Wildman–Crippen MR) is 109 cm³/mol. The van der Waals surface area contributed by atoms with E-state index in [4.69, 9.17) is 31.1 Å². The second-order valence-corrected chi connectivity index (χ2v) is 8.48. The molecular formula is C15H22ClN6O9P. The van der Waals surface area contributed by atoms with Crippen molar-refractivity contribution >= 4 is 42.4 Å². The number of phosphoric ester groups is 1. The number of fused-ring (bicyclic) bond motifs is 1. The van der Waals surface area contributed by atoms with E-state index in [1.807, 2.05) is 0 Å². The number of nitrogens with two attached hydrogens (primary N) is 1. The highest BCUT2D eigenvalue weighted by atomic mass is 35.5. The summed E-state index contributed by atoms with van der Waals surface area (Å²) in [5.41, 5.74) is 4.90. The lowest BCUT2D eigenvalue weighted by atomic mass is 10.1. The minimum atomic E-state index is -4.50. The molecule has 2 aromatic rings. The van der Waals surface area contributed by atoms with Crippen LogP contribution in [0.5, 0.6) is 0 Å². The molecule has 1 saturated heterocycles. The molecule has 15 nitrogen and oxygen atoms in total. The summed E-state index contributed by atoms with van der Waals surface area (Å²) in [4.78, 5) is 42.8. The van der Waals surface area contributed by atoms with Crippen LogP contribution in [0.3, 0.4) is 0 Å². The van der Waals surface area contributed by atoms with Crippen molar-refractivity contribution < 1.29 is 38.3 Å². The molecular weight excluding hydrogens is 475 g/mol. The van der Waals surface area contributed by atoms with E-state index in [0.717, 1.165) is 0 Å². The first-order chi connectivity index (χ1) is 15.1. The number of nitrogens with zero attached hydrogens (tertiary/aromatic N) is 3. The van der Waals surface area contributed by atoms with Gasteiger partial charge < -0.3 is 30.9 Å². The lowest BCUT2D eigenvalue weighted by Gasteiger charge is -2.17. The minimum Gasteiger partial charge on any atom is -0.387 e. The predicted octanol–water partition coefficient (Wildman–Crippen LogP) is -1.80. The number of carbonyl (C=O) groups is 1. The van der Waals surface area contributed by atoms with Crippen molar-refractivity contribution in [3.63, 3.8) is 0 Å². The third-order valence-electron chi connectivity index (χ3n) is 4.48. The molecule has 7 N–H and O–H groups in total. The van der Waals surface area contributed by atoms with Crippen LogP contribution in [-0.4, -0.2) is 84.5 Å². The average molecular weight is 497 g/mol. The van der Waals surface area contributed by atoms with E-state index in [1.54, 1.807) is 0 Å². The molecule has 1 aliphatic rings. The Balaban J connectivity index is 1.57. The highest BCUT2D eigenvalue weighted by molar-refractivity contribution is 7.47. The SMILES string of the molecule is Nc1nc2c(ncn2[C@@H]2O[C@H](COP(=O)(O)OCCCNC(=O)CCl)[C@@H](O)[C@H]2O)c(=O)[nH]1. The number of nitrogen functional groups attached to an aromatic ring is 1. The second kappa shape index (κ2) is 10.2. The summed E-state index contributed by atoms with van der Waals surface area (Å²) < 4.78 is 28.4. The molecule has 0 bridgehead atoms. The van der Waals surface area contributed by atoms with Gasteiger partial charge in [0.2, 0.25) is 11.9 Å². The van der Waals surface area contributed by atoms with E-state index < -0.39 is 44.5 Å². The standard InChI is InChI=1S/C15H22ClN6O9P/c16-4-8(23)18-2-1-3-29-32(27,28)30-5-7-10(24)11(25)14(31-7)22-6-19-9-12(22)20-15(17)21-13(9)26/h6-7,10-11,14,24-25H,1-5H2,(H,18,23)(H,27,28)(H3,17,20,21,26)/t7-,10-,11-,14-/m1/s1. The molecule has 0 aromatic carbocycles. The number of aliphatic hydroxyl groups excluding tert-OH is 2. The van der Waals surface area contributed by atoms with Gasteiger partial charge in [0.15, 0.2) is 17.4 Å². The fourth-order valence-electron chi connectivity index (χ4n) is 2.96. The summed E-state index contributed by atoms with van der Waals surface area (Å²) in [6, 6.07) is 0. The Bertz CT molecular complexity index is 1060. The Morgan fingerprint density at radius 2 is 2.16 bits per heavy atom. The first kappa shape index (κ1) is 24.5. The van der Waals surface area contributed by atoms with Crippen LogP contribution >= 0.6 is 19.4 Å². The number of aliphatic hydroxyl groups is 2. The number of anilines is 1. The number of ether oxygens (including phenoxy) is 1. The van der Waals surface area contributed by atoms with Crippen LogP contribution in [-0.2, 0) is 23.1 Å². The maximum Gasteiger partial charge on any atom is 0.472 e. The van der Waals surface area contributed by atoms with Crippen molar-refractivity contribution in [3.05, 3.63) is 16.7 Å². The van der Waals surface area contributed by atoms with Gasteiger partial charge in [0, 0.05) is 6.54 Å². The van der Waals surface area contributed by atoms with Crippen LogP contribution in [0.1, 0.15) is 12.6 Å². The Morgan fingerprint density at radius 3 is 2.88 bits per heavy atom. The van der Waals surface area contributed by atoms with Gasteiger partial charge in [-0.25, -0.2) is 9.55 Å². The van der Waals surface area contributed by atoms with E-state index in [0.29, 0.717) is 0 Å². The quantitative estimate of drug-likeness (QED) is 0.122.